The first kappa shape index (κ1) is 39.6. The molecule has 5 fully saturated rings. The topological polar surface area (TPSA) is 164 Å². The summed E-state index contributed by atoms with van der Waals surface area (Å²) in [6, 6.07) is 0.558. The van der Waals surface area contributed by atoms with E-state index in [0.29, 0.717) is 36.7 Å². The number of rotatable bonds is 9. The van der Waals surface area contributed by atoms with Gasteiger partial charge in [0.05, 0.1) is 32.8 Å². The minimum absolute atomic E-state index is 0.0213. The van der Waals surface area contributed by atoms with Crippen molar-refractivity contribution >= 4 is 23.9 Å². The lowest BCUT2D eigenvalue weighted by Gasteiger charge is -2.42. The quantitative estimate of drug-likeness (QED) is 0.133. The van der Waals surface area contributed by atoms with Gasteiger partial charge < -0.3 is 40.6 Å². The number of carboxylic acids is 1. The number of esters is 3. The van der Waals surface area contributed by atoms with E-state index in [9.17, 15) is 24.3 Å². The van der Waals surface area contributed by atoms with Gasteiger partial charge in [0.1, 0.15) is 0 Å². The largest absolute Gasteiger partial charge is 0.481 e. The number of hydrogen-bond acceptors (Lipinski definition) is 11. The Morgan fingerprint density at radius 3 is 1.94 bits per heavy atom. The molecule has 6 aliphatic rings. The fourth-order valence-corrected chi connectivity index (χ4v) is 11.8. The Morgan fingerprint density at radius 1 is 0.774 bits per heavy atom. The Kier molecular flexibility index (Phi) is 11.9. The minimum atomic E-state index is -0.862. The second-order valence-electron chi connectivity index (χ2n) is 17.1. The minimum Gasteiger partial charge on any atom is -0.481 e. The average Bonchev–Trinajstić information content (AvgIpc) is 3.79. The number of allylic oxidation sites excluding steroid dienone is 2. The van der Waals surface area contributed by atoms with Crippen LogP contribution in [0.25, 0.3) is 0 Å². The lowest BCUT2D eigenvalue weighted by Crippen LogP contribution is -2.50. The van der Waals surface area contributed by atoms with Crippen LogP contribution in [-0.2, 0) is 33.4 Å². The van der Waals surface area contributed by atoms with Gasteiger partial charge in [-0.2, -0.15) is 0 Å². The predicted molar refractivity (Wildman–Crippen MR) is 199 cm³/mol. The highest BCUT2D eigenvalue weighted by Crippen LogP contribution is 2.54. The molecule has 294 valence electrons. The van der Waals surface area contributed by atoms with Gasteiger partial charge in [-0.1, -0.05) is 45.9 Å². The van der Waals surface area contributed by atoms with Gasteiger partial charge in [0.15, 0.2) is 0 Å². The van der Waals surface area contributed by atoms with Crippen molar-refractivity contribution in [3.05, 3.63) is 36.0 Å². The molecule has 6 rings (SSSR count). The van der Waals surface area contributed by atoms with Crippen molar-refractivity contribution in [3.8, 4) is 0 Å². The van der Waals surface area contributed by atoms with Crippen LogP contribution in [0, 0.1) is 46.8 Å². The van der Waals surface area contributed by atoms with Crippen LogP contribution < -0.4 is 21.3 Å². The van der Waals surface area contributed by atoms with Gasteiger partial charge in [-0.25, -0.2) is 4.79 Å². The molecule has 1 aliphatic carbocycles. The molecule has 14 unspecified atom stereocenters. The molecule has 0 saturated carbocycles. The van der Waals surface area contributed by atoms with Gasteiger partial charge in [0, 0.05) is 66.6 Å². The van der Waals surface area contributed by atoms with Crippen molar-refractivity contribution in [2.45, 2.75) is 127 Å². The Bertz CT molecular complexity index is 1500. The Balaban J connectivity index is 1.42. The van der Waals surface area contributed by atoms with Gasteiger partial charge >= 0.3 is 23.9 Å². The summed E-state index contributed by atoms with van der Waals surface area (Å²) in [7, 11) is 4.14. The Hall–Kier alpha value is -3.06. The third-order valence-corrected chi connectivity index (χ3v) is 14.8. The highest BCUT2D eigenvalue weighted by Gasteiger charge is 2.60. The molecule has 12 nitrogen and oxygen atoms in total. The fourth-order valence-electron chi connectivity index (χ4n) is 11.8. The van der Waals surface area contributed by atoms with E-state index in [4.69, 9.17) is 14.2 Å². The van der Waals surface area contributed by atoms with Crippen LogP contribution in [-0.4, -0.2) is 98.6 Å². The van der Waals surface area contributed by atoms with E-state index in [1.165, 1.54) is 21.3 Å². The summed E-state index contributed by atoms with van der Waals surface area (Å²) in [6.45, 7) is 13.2. The molecule has 0 radical (unpaired) electrons. The van der Waals surface area contributed by atoms with Gasteiger partial charge in [0.25, 0.3) is 0 Å². The van der Waals surface area contributed by atoms with E-state index in [-0.39, 0.29) is 84.4 Å². The predicted octanol–water partition coefficient (Wildman–Crippen LogP) is 3.52. The lowest BCUT2D eigenvalue weighted by atomic mass is 9.61. The van der Waals surface area contributed by atoms with Crippen molar-refractivity contribution in [3.63, 3.8) is 0 Å². The number of carbonyl (C=O) groups excluding carboxylic acids is 3. The summed E-state index contributed by atoms with van der Waals surface area (Å²) in [5.41, 5.74) is 0.602. The lowest BCUT2D eigenvalue weighted by molar-refractivity contribution is -0.151. The van der Waals surface area contributed by atoms with Crippen molar-refractivity contribution < 1.29 is 38.5 Å². The summed E-state index contributed by atoms with van der Waals surface area (Å²) in [6.07, 6.45) is 10.8. The molecule has 0 aromatic carbocycles. The molecule has 5 aliphatic heterocycles. The third-order valence-electron chi connectivity index (χ3n) is 14.8. The van der Waals surface area contributed by atoms with E-state index in [1.807, 2.05) is 6.08 Å². The van der Waals surface area contributed by atoms with Gasteiger partial charge in [-0.05, 0) is 79.6 Å². The highest BCUT2D eigenvalue weighted by atomic mass is 16.5. The highest BCUT2D eigenvalue weighted by molar-refractivity contribution is 5.97. The molecule has 16 atom stereocenters. The van der Waals surface area contributed by atoms with Crippen LogP contribution in [0.15, 0.2) is 36.0 Å². The monoisotopic (exact) mass is 738 g/mol. The van der Waals surface area contributed by atoms with Crippen LogP contribution >= 0.6 is 0 Å². The summed E-state index contributed by atoms with van der Waals surface area (Å²) >= 11 is 0. The molecule has 8 bridgehead atoms. The van der Waals surface area contributed by atoms with Crippen molar-refractivity contribution in [2.75, 3.05) is 21.3 Å². The number of methoxy groups -OCH3 is 3. The zero-order valence-electron chi connectivity index (χ0n) is 32.6. The van der Waals surface area contributed by atoms with E-state index in [2.05, 4.69) is 61.6 Å². The zero-order valence-corrected chi connectivity index (χ0v) is 32.6. The summed E-state index contributed by atoms with van der Waals surface area (Å²) in [5.74, 6) is -1.46. The number of nitrogens with one attached hydrogen (secondary N) is 4. The number of hydrogen-bond donors (Lipinski definition) is 5. The molecule has 53 heavy (non-hydrogen) atoms. The number of carboxylic acid groups (broad SMARTS) is 1. The van der Waals surface area contributed by atoms with Crippen molar-refractivity contribution in [2.24, 2.45) is 46.8 Å². The smallest absolute Gasteiger partial charge is 0.334 e. The molecular formula is C41H62N4O8. The maximum absolute atomic E-state index is 13.8. The molecule has 0 amide bonds. The van der Waals surface area contributed by atoms with E-state index in [0.717, 1.165) is 31.3 Å². The van der Waals surface area contributed by atoms with Crippen molar-refractivity contribution in [1.29, 1.82) is 0 Å². The van der Waals surface area contributed by atoms with E-state index < -0.39 is 29.2 Å². The SMILES string of the molecule is C=CC1C2CC3NC(CC4NC(CC5NC(CC(N2)C1C)C1=CC=C(C(=O)OC)[C@@H](C(=O)OC)[C@]15C)C(C)C4CCC(=O)O)C(CCC(=O)OC)C3C. The average molecular weight is 739 g/mol. The first-order valence-electron chi connectivity index (χ1n) is 19.8. The number of carbonyl (C=O) groups is 4. The van der Waals surface area contributed by atoms with Crippen LogP contribution in [0.4, 0.5) is 0 Å². The number of fused-ring (bicyclic) bond motifs is 11. The normalized spacial score (nSPS) is 43.3. The molecule has 0 spiro atoms. The number of ether oxygens (including phenoxy) is 3. The summed E-state index contributed by atoms with van der Waals surface area (Å²) in [4.78, 5) is 51.3. The third kappa shape index (κ3) is 7.25. The number of aliphatic carboxylic acids is 1. The Morgan fingerprint density at radius 2 is 1.36 bits per heavy atom. The van der Waals surface area contributed by atoms with Crippen LogP contribution in [0.1, 0.15) is 79.1 Å². The van der Waals surface area contributed by atoms with Crippen LogP contribution in [0.2, 0.25) is 0 Å². The second-order valence-corrected chi connectivity index (χ2v) is 17.1. The van der Waals surface area contributed by atoms with Gasteiger partial charge in [-0.3, -0.25) is 14.4 Å². The maximum Gasteiger partial charge on any atom is 0.334 e. The first-order chi connectivity index (χ1) is 25.3. The van der Waals surface area contributed by atoms with E-state index in [1.54, 1.807) is 6.08 Å². The second kappa shape index (κ2) is 16.0. The first-order valence-corrected chi connectivity index (χ1v) is 19.8. The zero-order chi connectivity index (χ0) is 38.4. The summed E-state index contributed by atoms with van der Waals surface area (Å²) in [5, 5.41) is 25.9. The molecule has 5 heterocycles. The standard InChI is InChI=1S/C41H62N4O8/c1-9-23-20(2)29-17-34-27-13-10-26(39(49)52-7)38(40(50)53-8)41(27,5)35(45-34)19-30-22(4)24(11-14-36(46)47)32(44-30)18-33-25(12-15-37(48)51-6)21(3)28(43-33)16-31(23)42-29/h9-10,13,20-25,28-35,38,42-45H,1,11-12,14-19H2,2-8H3,(H,46,47)/t20?,21?,22?,23?,24?,25?,28?,29?,30?,31?,32?,33?,34?,35?,38-,41+/m0/s1. The summed E-state index contributed by atoms with van der Waals surface area (Å²) < 4.78 is 15.7. The molecule has 0 aromatic heterocycles. The van der Waals surface area contributed by atoms with Crippen LogP contribution in [0.5, 0.6) is 0 Å². The van der Waals surface area contributed by atoms with E-state index >= 15 is 0 Å². The maximum atomic E-state index is 13.8. The van der Waals surface area contributed by atoms with Crippen LogP contribution in [0.3, 0.4) is 0 Å². The fraction of sp³-hybridized carbons (Fsp3) is 0.756. The Labute approximate surface area is 314 Å². The van der Waals surface area contributed by atoms with Crippen molar-refractivity contribution in [1.82, 2.24) is 21.3 Å². The van der Waals surface area contributed by atoms with Gasteiger partial charge in [-0.15, -0.1) is 6.58 Å². The molecule has 5 N–H and O–H groups in total. The van der Waals surface area contributed by atoms with Gasteiger partial charge in [0.2, 0.25) is 0 Å². The molecular weight excluding hydrogens is 676 g/mol. The molecule has 0 aromatic rings. The molecule has 5 saturated heterocycles. The molecule has 12 heteroatoms.